The summed E-state index contributed by atoms with van der Waals surface area (Å²) >= 11 is 0. The molecule has 148 valence electrons. The fourth-order valence-electron chi connectivity index (χ4n) is 3.17. The molecule has 0 saturated heterocycles. The lowest BCUT2D eigenvalue weighted by Gasteiger charge is -2.20. The van der Waals surface area contributed by atoms with E-state index in [9.17, 15) is 17.2 Å². The number of imidazole rings is 1. The number of rotatable bonds is 6. The fraction of sp³-hybridized carbons (Fsp3) is 0.0952. The van der Waals surface area contributed by atoms with Crippen molar-refractivity contribution in [1.82, 2.24) is 14.3 Å². The predicted molar refractivity (Wildman–Crippen MR) is 106 cm³/mol. The van der Waals surface area contributed by atoms with E-state index < -0.39 is 32.6 Å². The maximum absolute atomic E-state index is 14.1. The third kappa shape index (κ3) is 4.03. The highest BCUT2D eigenvalue weighted by Crippen LogP contribution is 2.23. The molecule has 4 rings (SSSR count). The minimum Gasteiger partial charge on any atom is -0.329 e. The van der Waals surface area contributed by atoms with Gasteiger partial charge in [0.05, 0.1) is 23.4 Å². The van der Waals surface area contributed by atoms with Crippen LogP contribution in [0.3, 0.4) is 0 Å². The molecule has 1 aromatic heterocycles. The second kappa shape index (κ2) is 7.73. The number of para-hydroxylation sites is 2. The third-order valence-electron chi connectivity index (χ3n) is 4.60. The van der Waals surface area contributed by atoms with E-state index in [4.69, 9.17) is 0 Å². The van der Waals surface area contributed by atoms with E-state index in [0.29, 0.717) is 5.56 Å². The van der Waals surface area contributed by atoms with Crippen LogP contribution in [0.4, 0.5) is 8.78 Å². The SMILES string of the molecule is O=S(=O)(N[C@H](Cn1cnc2ccccc21)c1ccc(F)cc1)c1ccccc1F. The van der Waals surface area contributed by atoms with Gasteiger partial charge in [0, 0.05) is 6.54 Å². The molecule has 1 heterocycles. The van der Waals surface area contributed by atoms with Gasteiger partial charge in [0.25, 0.3) is 0 Å². The molecule has 0 aliphatic carbocycles. The molecular weight excluding hydrogens is 396 g/mol. The Morgan fingerprint density at radius 2 is 1.62 bits per heavy atom. The Kier molecular flexibility index (Phi) is 5.12. The van der Waals surface area contributed by atoms with Crippen LogP contribution in [0.15, 0.2) is 84.0 Å². The van der Waals surface area contributed by atoms with E-state index in [2.05, 4.69) is 9.71 Å². The van der Waals surface area contributed by atoms with Crippen LogP contribution in [0, 0.1) is 11.6 Å². The fourth-order valence-corrected chi connectivity index (χ4v) is 4.47. The molecule has 29 heavy (non-hydrogen) atoms. The standard InChI is InChI=1S/C21H17F2N3O2S/c22-16-11-9-15(10-12-16)19(13-26-14-24-18-6-2-3-7-20(18)26)25-29(27,28)21-8-4-1-5-17(21)23/h1-12,14,19,25H,13H2/t19-/m1/s1. The number of hydrogen-bond acceptors (Lipinski definition) is 3. The zero-order chi connectivity index (χ0) is 20.4. The smallest absolute Gasteiger partial charge is 0.244 e. The molecule has 0 amide bonds. The number of aromatic nitrogens is 2. The largest absolute Gasteiger partial charge is 0.329 e. The summed E-state index contributed by atoms with van der Waals surface area (Å²) in [4.78, 5) is 3.87. The van der Waals surface area contributed by atoms with Crippen molar-refractivity contribution in [3.63, 3.8) is 0 Å². The first-order chi connectivity index (χ1) is 13.9. The molecule has 0 spiro atoms. The molecule has 0 fully saturated rings. The molecule has 0 aliphatic rings. The van der Waals surface area contributed by atoms with Gasteiger partial charge in [0.15, 0.2) is 0 Å². The molecule has 4 aromatic rings. The van der Waals surface area contributed by atoms with Crippen LogP contribution < -0.4 is 4.72 Å². The normalized spacial score (nSPS) is 12.9. The average Bonchev–Trinajstić information content (AvgIpc) is 3.11. The Morgan fingerprint density at radius 3 is 2.38 bits per heavy atom. The van der Waals surface area contributed by atoms with Gasteiger partial charge in [-0.05, 0) is 42.0 Å². The van der Waals surface area contributed by atoms with Gasteiger partial charge in [-0.3, -0.25) is 0 Å². The predicted octanol–water partition coefficient (Wildman–Crippen LogP) is 4.03. The van der Waals surface area contributed by atoms with E-state index in [1.54, 1.807) is 10.9 Å². The topological polar surface area (TPSA) is 64.0 Å². The van der Waals surface area contributed by atoms with Crippen LogP contribution in [-0.2, 0) is 16.6 Å². The molecular formula is C21H17F2N3O2S. The van der Waals surface area contributed by atoms with Crippen molar-refractivity contribution in [3.8, 4) is 0 Å². The monoisotopic (exact) mass is 413 g/mol. The number of benzene rings is 3. The van der Waals surface area contributed by atoms with Crippen molar-refractivity contribution < 1.29 is 17.2 Å². The van der Waals surface area contributed by atoms with Gasteiger partial charge in [-0.15, -0.1) is 0 Å². The summed E-state index contributed by atoms with van der Waals surface area (Å²) in [5, 5.41) is 0. The molecule has 1 N–H and O–H groups in total. The minimum atomic E-state index is -4.16. The van der Waals surface area contributed by atoms with Crippen LogP contribution >= 0.6 is 0 Å². The zero-order valence-corrected chi connectivity index (χ0v) is 16.0. The summed E-state index contributed by atoms with van der Waals surface area (Å²) in [5.74, 6) is -1.27. The van der Waals surface area contributed by atoms with E-state index in [1.165, 1.54) is 42.5 Å². The van der Waals surface area contributed by atoms with E-state index in [-0.39, 0.29) is 6.54 Å². The first-order valence-corrected chi connectivity index (χ1v) is 10.3. The number of nitrogens with one attached hydrogen (secondary N) is 1. The second-order valence-electron chi connectivity index (χ2n) is 6.54. The summed E-state index contributed by atoms with van der Waals surface area (Å²) in [7, 11) is -4.16. The quantitative estimate of drug-likeness (QED) is 0.519. The number of halogens is 2. The van der Waals surface area contributed by atoms with E-state index in [1.807, 2.05) is 24.3 Å². The lowest BCUT2D eigenvalue weighted by atomic mass is 10.1. The Labute approximate surface area is 166 Å². The zero-order valence-electron chi connectivity index (χ0n) is 15.2. The van der Waals surface area contributed by atoms with Gasteiger partial charge in [-0.2, -0.15) is 0 Å². The first-order valence-electron chi connectivity index (χ1n) is 8.86. The van der Waals surface area contributed by atoms with Crippen molar-refractivity contribution in [3.05, 3.63) is 96.3 Å². The number of sulfonamides is 1. The molecule has 0 aliphatic heterocycles. The molecule has 8 heteroatoms. The third-order valence-corrected chi connectivity index (χ3v) is 6.11. The first kappa shape index (κ1) is 19.2. The Hall–Kier alpha value is -3.10. The van der Waals surface area contributed by atoms with Gasteiger partial charge in [0.1, 0.15) is 16.5 Å². The van der Waals surface area contributed by atoms with Crippen molar-refractivity contribution in [1.29, 1.82) is 0 Å². The average molecular weight is 413 g/mol. The summed E-state index contributed by atoms with van der Waals surface area (Å²) in [6, 6.07) is 17.3. The molecule has 0 unspecified atom stereocenters. The van der Waals surface area contributed by atoms with E-state index >= 15 is 0 Å². The van der Waals surface area contributed by atoms with Crippen molar-refractivity contribution in [2.24, 2.45) is 0 Å². The number of fused-ring (bicyclic) bond motifs is 1. The summed E-state index contributed by atoms with van der Waals surface area (Å²) < 4.78 is 57.5. The second-order valence-corrected chi connectivity index (χ2v) is 8.22. The Bertz CT molecular complexity index is 1250. The van der Waals surface area contributed by atoms with Gasteiger partial charge in [0.2, 0.25) is 10.0 Å². The molecule has 0 saturated carbocycles. The molecule has 0 bridgehead atoms. The Balaban J connectivity index is 1.73. The molecule has 0 radical (unpaired) electrons. The maximum Gasteiger partial charge on any atom is 0.244 e. The molecule has 3 aromatic carbocycles. The van der Waals surface area contributed by atoms with Crippen LogP contribution in [0.1, 0.15) is 11.6 Å². The van der Waals surface area contributed by atoms with Crippen molar-refractivity contribution in [2.45, 2.75) is 17.5 Å². The van der Waals surface area contributed by atoms with Gasteiger partial charge in [-0.1, -0.05) is 36.4 Å². The lowest BCUT2D eigenvalue weighted by Crippen LogP contribution is -2.32. The highest BCUT2D eigenvalue weighted by Gasteiger charge is 2.25. The summed E-state index contributed by atoms with van der Waals surface area (Å²) in [6.07, 6.45) is 1.61. The summed E-state index contributed by atoms with van der Waals surface area (Å²) in [5.41, 5.74) is 2.14. The summed E-state index contributed by atoms with van der Waals surface area (Å²) in [6.45, 7) is 0.194. The van der Waals surface area contributed by atoms with Crippen LogP contribution in [0.5, 0.6) is 0 Å². The van der Waals surface area contributed by atoms with Gasteiger partial charge in [-0.25, -0.2) is 26.9 Å². The minimum absolute atomic E-state index is 0.194. The number of hydrogen-bond donors (Lipinski definition) is 1. The Morgan fingerprint density at radius 1 is 0.931 bits per heavy atom. The van der Waals surface area contributed by atoms with Crippen molar-refractivity contribution in [2.75, 3.05) is 0 Å². The number of nitrogens with zero attached hydrogens (tertiary/aromatic N) is 2. The van der Waals surface area contributed by atoms with Gasteiger partial charge < -0.3 is 4.57 Å². The maximum atomic E-state index is 14.1. The molecule has 1 atom stereocenters. The van der Waals surface area contributed by atoms with Crippen LogP contribution in [0.25, 0.3) is 11.0 Å². The van der Waals surface area contributed by atoms with Crippen LogP contribution in [-0.4, -0.2) is 18.0 Å². The highest BCUT2D eigenvalue weighted by atomic mass is 32.2. The van der Waals surface area contributed by atoms with E-state index in [0.717, 1.165) is 17.1 Å². The van der Waals surface area contributed by atoms with Crippen molar-refractivity contribution >= 4 is 21.1 Å². The van der Waals surface area contributed by atoms with Gasteiger partial charge >= 0.3 is 0 Å². The highest BCUT2D eigenvalue weighted by molar-refractivity contribution is 7.89. The van der Waals surface area contributed by atoms with Crippen LogP contribution in [0.2, 0.25) is 0 Å². The lowest BCUT2D eigenvalue weighted by molar-refractivity contribution is 0.508. The molecule has 5 nitrogen and oxygen atoms in total.